The standard InChI is InChI=1S/C17H19F3O2S/c1-10-5-6-11(9-15(10)17(18,19)20)16(21)12-7-13-3-2-4-14(8-12)23(13)22/h5-6,9,12-14H,2-4,7-8H2,1H3. The van der Waals surface area contributed by atoms with Gasteiger partial charge in [0.15, 0.2) is 5.78 Å². The van der Waals surface area contributed by atoms with Crippen LogP contribution in [0.25, 0.3) is 0 Å². The van der Waals surface area contributed by atoms with Crippen LogP contribution in [-0.4, -0.2) is 20.5 Å². The Bertz CT molecular complexity index is 638. The predicted octanol–water partition coefficient (Wildman–Crippen LogP) is 4.28. The number of hydrogen-bond donors (Lipinski definition) is 0. The van der Waals surface area contributed by atoms with Crippen molar-refractivity contribution in [3.8, 4) is 0 Å². The Hall–Kier alpha value is -1.17. The largest absolute Gasteiger partial charge is 0.416 e. The van der Waals surface area contributed by atoms with Crippen molar-refractivity contribution in [2.24, 2.45) is 5.92 Å². The molecule has 2 saturated heterocycles. The van der Waals surface area contributed by atoms with Gasteiger partial charge in [-0.25, -0.2) is 0 Å². The Morgan fingerprint density at radius 2 is 1.78 bits per heavy atom. The third-order valence-corrected chi connectivity index (χ3v) is 7.17. The fraction of sp³-hybridized carbons (Fsp3) is 0.588. The third-order valence-electron chi connectivity index (χ3n) is 5.00. The number of carbonyl (C=O) groups excluding carboxylic acids is 1. The number of Topliss-reactive ketones (excluding diaryl/α,β-unsaturated/α-hetero) is 1. The molecule has 2 fully saturated rings. The number of carbonyl (C=O) groups is 1. The maximum Gasteiger partial charge on any atom is 0.416 e. The number of aryl methyl sites for hydroxylation is 1. The van der Waals surface area contributed by atoms with E-state index in [1.54, 1.807) is 0 Å². The van der Waals surface area contributed by atoms with Crippen LogP contribution in [0.5, 0.6) is 0 Å². The molecule has 0 N–H and O–H groups in total. The maximum absolute atomic E-state index is 13.0. The number of ketones is 1. The summed E-state index contributed by atoms with van der Waals surface area (Å²) in [5, 5.41) is 0.0629. The third kappa shape index (κ3) is 3.23. The first kappa shape index (κ1) is 16.7. The summed E-state index contributed by atoms with van der Waals surface area (Å²) in [5.74, 6) is -0.532. The monoisotopic (exact) mass is 344 g/mol. The van der Waals surface area contributed by atoms with Crippen molar-refractivity contribution in [2.75, 3.05) is 0 Å². The summed E-state index contributed by atoms with van der Waals surface area (Å²) in [6, 6.07) is 3.81. The van der Waals surface area contributed by atoms with E-state index in [4.69, 9.17) is 0 Å². The molecular weight excluding hydrogens is 325 g/mol. The van der Waals surface area contributed by atoms with Gasteiger partial charge in [0, 0.05) is 32.8 Å². The molecule has 0 spiro atoms. The first-order chi connectivity index (χ1) is 10.8. The number of hydrogen-bond acceptors (Lipinski definition) is 2. The molecule has 1 aromatic carbocycles. The number of benzene rings is 1. The first-order valence-electron chi connectivity index (χ1n) is 7.89. The Balaban J connectivity index is 1.85. The quantitative estimate of drug-likeness (QED) is 0.751. The van der Waals surface area contributed by atoms with Crippen molar-refractivity contribution in [1.29, 1.82) is 0 Å². The molecule has 2 nitrogen and oxygen atoms in total. The molecule has 2 bridgehead atoms. The topological polar surface area (TPSA) is 34.1 Å². The van der Waals surface area contributed by atoms with Gasteiger partial charge in [0.05, 0.1) is 5.56 Å². The molecule has 3 rings (SSSR count). The SMILES string of the molecule is Cc1ccc(C(=O)C2CC3CCCC(C2)S3=O)cc1C(F)(F)F. The molecule has 0 radical (unpaired) electrons. The average Bonchev–Trinajstić information content (AvgIpc) is 2.45. The minimum absolute atomic E-state index is 0.0315. The van der Waals surface area contributed by atoms with Gasteiger partial charge in [-0.15, -0.1) is 0 Å². The molecule has 126 valence electrons. The van der Waals surface area contributed by atoms with Gasteiger partial charge in [0.1, 0.15) is 0 Å². The van der Waals surface area contributed by atoms with E-state index in [0.29, 0.717) is 12.8 Å². The number of rotatable bonds is 2. The molecule has 2 atom stereocenters. The molecule has 23 heavy (non-hydrogen) atoms. The molecule has 0 aromatic heterocycles. The highest BCUT2D eigenvalue weighted by Gasteiger charge is 2.41. The first-order valence-corrected chi connectivity index (χ1v) is 9.16. The fourth-order valence-corrected chi connectivity index (χ4v) is 5.95. The van der Waals surface area contributed by atoms with Crippen LogP contribution in [0.4, 0.5) is 13.2 Å². The van der Waals surface area contributed by atoms with Crippen LogP contribution in [0.3, 0.4) is 0 Å². The summed E-state index contributed by atoms with van der Waals surface area (Å²) in [5.41, 5.74) is -0.503. The molecule has 1 aromatic rings. The van der Waals surface area contributed by atoms with Crippen LogP contribution in [0, 0.1) is 12.8 Å². The smallest absolute Gasteiger partial charge is 0.294 e. The zero-order valence-electron chi connectivity index (χ0n) is 12.9. The van der Waals surface area contributed by atoms with E-state index >= 15 is 0 Å². The highest BCUT2D eigenvalue weighted by molar-refractivity contribution is 7.86. The lowest BCUT2D eigenvalue weighted by atomic mass is 9.84. The van der Waals surface area contributed by atoms with E-state index in [1.807, 2.05) is 0 Å². The molecule has 2 aliphatic heterocycles. The lowest BCUT2D eigenvalue weighted by Gasteiger charge is -2.37. The summed E-state index contributed by atoms with van der Waals surface area (Å²) >= 11 is 0. The minimum Gasteiger partial charge on any atom is -0.294 e. The minimum atomic E-state index is -4.45. The second-order valence-electron chi connectivity index (χ2n) is 6.56. The molecule has 2 aliphatic rings. The van der Waals surface area contributed by atoms with Crippen LogP contribution in [0.2, 0.25) is 0 Å². The van der Waals surface area contributed by atoms with Gasteiger partial charge in [-0.1, -0.05) is 18.6 Å². The average molecular weight is 344 g/mol. The van der Waals surface area contributed by atoms with Crippen LogP contribution in [-0.2, 0) is 17.0 Å². The van der Waals surface area contributed by atoms with Crippen LogP contribution in [0.1, 0.15) is 53.6 Å². The van der Waals surface area contributed by atoms with Gasteiger partial charge in [-0.3, -0.25) is 9.00 Å². The second-order valence-corrected chi connectivity index (χ2v) is 8.55. The second kappa shape index (κ2) is 6.04. The number of halogens is 3. The number of alkyl halides is 3. The Labute approximate surface area is 135 Å². The van der Waals surface area contributed by atoms with E-state index in [9.17, 15) is 22.2 Å². The zero-order chi connectivity index (χ0) is 16.8. The van der Waals surface area contributed by atoms with Crippen LogP contribution >= 0.6 is 0 Å². The van der Waals surface area contributed by atoms with E-state index in [-0.39, 0.29) is 33.3 Å². The van der Waals surface area contributed by atoms with Crippen molar-refractivity contribution >= 4 is 16.6 Å². The van der Waals surface area contributed by atoms with E-state index in [1.165, 1.54) is 19.1 Å². The molecule has 6 heteroatoms. The van der Waals surface area contributed by atoms with Gasteiger partial charge in [0.2, 0.25) is 0 Å². The lowest BCUT2D eigenvalue weighted by molar-refractivity contribution is -0.138. The molecule has 0 saturated carbocycles. The Morgan fingerprint density at radius 3 is 2.35 bits per heavy atom. The van der Waals surface area contributed by atoms with E-state index in [2.05, 4.69) is 0 Å². The predicted molar refractivity (Wildman–Crippen MR) is 82.8 cm³/mol. The maximum atomic E-state index is 13.0. The van der Waals surface area contributed by atoms with Crippen molar-refractivity contribution in [1.82, 2.24) is 0 Å². The van der Waals surface area contributed by atoms with Crippen molar-refractivity contribution in [3.63, 3.8) is 0 Å². The van der Waals surface area contributed by atoms with Crippen molar-refractivity contribution in [2.45, 2.75) is 55.7 Å². The van der Waals surface area contributed by atoms with Crippen LogP contribution in [0.15, 0.2) is 18.2 Å². The normalized spacial score (nSPS) is 31.0. The molecular formula is C17H19F3O2S. The van der Waals surface area contributed by atoms with E-state index in [0.717, 1.165) is 25.3 Å². The van der Waals surface area contributed by atoms with Gasteiger partial charge in [0.25, 0.3) is 0 Å². The lowest BCUT2D eigenvalue weighted by Crippen LogP contribution is -2.41. The summed E-state index contributed by atoms with van der Waals surface area (Å²) in [6.07, 6.45) is -0.632. The summed E-state index contributed by atoms with van der Waals surface area (Å²) in [4.78, 5) is 12.7. The molecule has 2 heterocycles. The van der Waals surface area contributed by atoms with Crippen molar-refractivity contribution in [3.05, 3.63) is 34.9 Å². The molecule has 0 amide bonds. The van der Waals surface area contributed by atoms with Gasteiger partial charge >= 0.3 is 6.18 Å². The zero-order valence-corrected chi connectivity index (χ0v) is 13.7. The summed E-state index contributed by atoms with van der Waals surface area (Å²) in [7, 11) is -0.884. The summed E-state index contributed by atoms with van der Waals surface area (Å²) in [6.45, 7) is 1.39. The Morgan fingerprint density at radius 1 is 1.17 bits per heavy atom. The van der Waals surface area contributed by atoms with Gasteiger partial charge in [-0.2, -0.15) is 13.2 Å². The van der Waals surface area contributed by atoms with Crippen molar-refractivity contribution < 1.29 is 22.2 Å². The fourth-order valence-electron chi connectivity index (χ4n) is 3.76. The summed E-state index contributed by atoms with van der Waals surface area (Å²) < 4.78 is 51.3. The highest BCUT2D eigenvalue weighted by atomic mass is 32.2. The highest BCUT2D eigenvalue weighted by Crippen LogP contribution is 2.39. The van der Waals surface area contributed by atoms with Crippen LogP contribution < -0.4 is 0 Å². The molecule has 2 unspecified atom stereocenters. The van der Waals surface area contributed by atoms with E-state index < -0.39 is 22.5 Å². The molecule has 0 aliphatic carbocycles. The Kier molecular flexibility index (Phi) is 4.38. The number of fused-ring (bicyclic) bond motifs is 2. The van der Waals surface area contributed by atoms with Gasteiger partial charge < -0.3 is 0 Å². The van der Waals surface area contributed by atoms with Gasteiger partial charge in [-0.05, 0) is 44.2 Å².